The Bertz CT molecular complexity index is 528. The van der Waals surface area contributed by atoms with Crippen LogP contribution >= 0.6 is 11.6 Å². The van der Waals surface area contributed by atoms with E-state index >= 15 is 0 Å². The Labute approximate surface area is 107 Å². The number of hydrogen-bond acceptors (Lipinski definition) is 3. The van der Waals surface area contributed by atoms with Crippen molar-refractivity contribution in [1.29, 1.82) is 0 Å². The molecule has 0 aromatic heterocycles. The van der Waals surface area contributed by atoms with E-state index in [9.17, 15) is 14.0 Å². The second-order valence-electron chi connectivity index (χ2n) is 4.36. The van der Waals surface area contributed by atoms with E-state index in [-0.39, 0.29) is 16.7 Å². The molecule has 2 fully saturated rings. The molecule has 1 aromatic carbocycles. The van der Waals surface area contributed by atoms with Crippen LogP contribution in [0.1, 0.15) is 16.8 Å². The maximum Gasteiger partial charge on any atom is 0.329 e. The first-order valence-electron chi connectivity index (χ1n) is 5.53. The summed E-state index contributed by atoms with van der Waals surface area (Å²) in [6, 6.07) is 3.45. The number of carbonyl (C=O) groups is 2. The normalized spacial score (nSPS) is 25.4. The number of amides is 1. The highest BCUT2D eigenvalue weighted by Gasteiger charge is 2.49. The summed E-state index contributed by atoms with van der Waals surface area (Å²) in [6.07, 6.45) is 0.216. The van der Waals surface area contributed by atoms with Gasteiger partial charge < -0.3 is 9.64 Å². The lowest BCUT2D eigenvalue weighted by Gasteiger charge is -2.26. The number of morpholine rings is 1. The van der Waals surface area contributed by atoms with Gasteiger partial charge in [-0.15, -0.1) is 0 Å². The highest BCUT2D eigenvalue weighted by molar-refractivity contribution is 6.33. The van der Waals surface area contributed by atoms with E-state index in [0.29, 0.717) is 13.0 Å². The van der Waals surface area contributed by atoms with E-state index in [4.69, 9.17) is 16.3 Å². The third-order valence-electron chi connectivity index (χ3n) is 3.26. The molecule has 3 rings (SSSR count). The molecule has 2 saturated heterocycles. The van der Waals surface area contributed by atoms with E-state index in [0.717, 1.165) is 0 Å². The highest BCUT2D eigenvalue weighted by atomic mass is 35.5. The standard InChI is InChI=1S/C12H9ClFNO3/c13-7-2-1-3-8(14)10(7)11(16)15-5-6-4-9(15)12(17)18-6/h1-3,6,9H,4-5H2/t6-,9+/m0/s1. The van der Waals surface area contributed by atoms with Crippen LogP contribution in [0.2, 0.25) is 5.02 Å². The van der Waals surface area contributed by atoms with Crippen molar-refractivity contribution in [3.8, 4) is 0 Å². The van der Waals surface area contributed by atoms with Crippen LogP contribution in [0, 0.1) is 5.82 Å². The number of hydrogen-bond donors (Lipinski definition) is 0. The topological polar surface area (TPSA) is 46.6 Å². The van der Waals surface area contributed by atoms with Gasteiger partial charge in [0.2, 0.25) is 0 Å². The van der Waals surface area contributed by atoms with Gasteiger partial charge in [-0.3, -0.25) is 4.79 Å². The smallest absolute Gasteiger partial charge is 0.329 e. The Morgan fingerprint density at radius 2 is 2.28 bits per heavy atom. The zero-order valence-corrected chi connectivity index (χ0v) is 9.98. The minimum atomic E-state index is -0.677. The van der Waals surface area contributed by atoms with Gasteiger partial charge in [0.25, 0.3) is 5.91 Å². The Hall–Kier alpha value is -1.62. The summed E-state index contributed by atoms with van der Waals surface area (Å²) in [5, 5.41) is 0.0520. The highest BCUT2D eigenvalue weighted by Crippen LogP contribution is 2.32. The molecule has 0 unspecified atom stereocenters. The van der Waals surface area contributed by atoms with Gasteiger partial charge in [-0.1, -0.05) is 17.7 Å². The van der Waals surface area contributed by atoms with Gasteiger partial charge in [0.05, 0.1) is 17.1 Å². The van der Waals surface area contributed by atoms with Crippen LogP contribution < -0.4 is 0 Å². The molecule has 0 spiro atoms. The molecule has 2 bridgehead atoms. The first kappa shape index (κ1) is 11.5. The quantitative estimate of drug-likeness (QED) is 0.728. The third kappa shape index (κ3) is 1.58. The maximum absolute atomic E-state index is 13.6. The lowest BCUT2D eigenvalue weighted by molar-refractivity contribution is -0.149. The lowest BCUT2D eigenvalue weighted by Crippen LogP contribution is -2.44. The second kappa shape index (κ2) is 3.95. The number of likely N-dealkylation sites (tertiary alicyclic amines) is 1. The molecule has 1 amide bonds. The molecule has 0 saturated carbocycles. The fourth-order valence-electron chi connectivity index (χ4n) is 2.42. The number of halogens is 2. The zero-order valence-electron chi connectivity index (χ0n) is 9.23. The van der Waals surface area contributed by atoms with E-state index in [1.807, 2.05) is 0 Å². The first-order chi connectivity index (χ1) is 8.58. The number of benzene rings is 1. The number of carbonyl (C=O) groups excluding carboxylic acids is 2. The molecule has 0 aliphatic carbocycles. The molecule has 2 atom stereocenters. The molecule has 0 radical (unpaired) electrons. The summed E-state index contributed by atoms with van der Waals surface area (Å²) in [5.74, 6) is -1.65. The predicted octanol–water partition coefficient (Wildman–Crippen LogP) is 1.62. The van der Waals surface area contributed by atoms with Crippen molar-refractivity contribution in [2.75, 3.05) is 6.54 Å². The predicted molar refractivity (Wildman–Crippen MR) is 60.7 cm³/mol. The molecule has 6 heteroatoms. The molecule has 2 aliphatic rings. The van der Waals surface area contributed by atoms with Crippen molar-refractivity contribution in [1.82, 2.24) is 4.90 Å². The Kier molecular flexibility index (Phi) is 2.52. The number of rotatable bonds is 1. The Balaban J connectivity index is 1.94. The van der Waals surface area contributed by atoms with Crippen LogP contribution in [-0.2, 0) is 9.53 Å². The number of ether oxygens (including phenoxy) is 1. The van der Waals surface area contributed by atoms with Crippen LogP contribution in [0.15, 0.2) is 18.2 Å². The van der Waals surface area contributed by atoms with Crippen molar-refractivity contribution < 1.29 is 18.7 Å². The Morgan fingerprint density at radius 1 is 1.50 bits per heavy atom. The summed E-state index contributed by atoms with van der Waals surface area (Å²) in [4.78, 5) is 25.0. The molecule has 2 aliphatic heterocycles. The second-order valence-corrected chi connectivity index (χ2v) is 4.77. The summed E-state index contributed by atoms with van der Waals surface area (Å²) in [5.41, 5.74) is -0.181. The number of nitrogens with zero attached hydrogens (tertiary/aromatic N) is 1. The fourth-order valence-corrected chi connectivity index (χ4v) is 2.66. The van der Waals surface area contributed by atoms with E-state index < -0.39 is 23.7 Å². The van der Waals surface area contributed by atoms with Gasteiger partial charge >= 0.3 is 5.97 Å². The average Bonchev–Trinajstić information content (AvgIpc) is 2.87. The summed E-state index contributed by atoms with van der Waals surface area (Å²) < 4.78 is 18.6. The van der Waals surface area contributed by atoms with Crippen molar-refractivity contribution in [2.45, 2.75) is 18.6 Å². The summed E-state index contributed by atoms with van der Waals surface area (Å²) in [7, 11) is 0. The third-order valence-corrected chi connectivity index (χ3v) is 3.57. The average molecular weight is 270 g/mol. The van der Waals surface area contributed by atoms with Crippen molar-refractivity contribution in [2.24, 2.45) is 0 Å². The van der Waals surface area contributed by atoms with Gasteiger partial charge in [0.15, 0.2) is 0 Å². The molecule has 4 nitrogen and oxygen atoms in total. The molecule has 2 heterocycles. The fraction of sp³-hybridized carbons (Fsp3) is 0.333. The van der Waals surface area contributed by atoms with Crippen molar-refractivity contribution in [3.05, 3.63) is 34.6 Å². The summed E-state index contributed by atoms with van der Waals surface area (Å²) >= 11 is 5.84. The molecular weight excluding hydrogens is 261 g/mol. The zero-order chi connectivity index (χ0) is 12.9. The SMILES string of the molecule is O=C1O[C@H]2C[C@H]1N(C(=O)c1c(F)cccc1Cl)C2. The first-order valence-corrected chi connectivity index (χ1v) is 5.91. The van der Waals surface area contributed by atoms with Gasteiger partial charge in [-0.25, -0.2) is 9.18 Å². The number of fused-ring (bicyclic) bond motifs is 2. The van der Waals surface area contributed by atoms with E-state index in [1.54, 1.807) is 0 Å². The van der Waals surface area contributed by atoms with Gasteiger partial charge in [0, 0.05) is 6.42 Å². The van der Waals surface area contributed by atoms with Crippen LogP contribution in [0.4, 0.5) is 4.39 Å². The molecular formula is C12H9ClFNO3. The largest absolute Gasteiger partial charge is 0.459 e. The van der Waals surface area contributed by atoms with Crippen molar-refractivity contribution >= 4 is 23.5 Å². The molecule has 1 aromatic rings. The van der Waals surface area contributed by atoms with E-state index in [2.05, 4.69) is 0 Å². The molecule has 0 N–H and O–H groups in total. The van der Waals surface area contributed by atoms with Crippen LogP contribution in [0.5, 0.6) is 0 Å². The van der Waals surface area contributed by atoms with Gasteiger partial charge in [0.1, 0.15) is 18.0 Å². The number of esters is 1. The lowest BCUT2D eigenvalue weighted by atomic mass is 10.1. The minimum absolute atomic E-state index is 0.0520. The monoisotopic (exact) mass is 269 g/mol. The van der Waals surface area contributed by atoms with Crippen LogP contribution in [0.25, 0.3) is 0 Å². The molecule has 18 heavy (non-hydrogen) atoms. The van der Waals surface area contributed by atoms with Crippen LogP contribution in [-0.4, -0.2) is 35.5 Å². The Morgan fingerprint density at radius 3 is 2.89 bits per heavy atom. The summed E-state index contributed by atoms with van der Waals surface area (Å²) in [6.45, 7) is 0.305. The van der Waals surface area contributed by atoms with Gasteiger partial charge in [-0.05, 0) is 12.1 Å². The van der Waals surface area contributed by atoms with E-state index in [1.165, 1.54) is 23.1 Å². The minimum Gasteiger partial charge on any atom is -0.459 e. The van der Waals surface area contributed by atoms with Gasteiger partial charge in [-0.2, -0.15) is 0 Å². The van der Waals surface area contributed by atoms with Crippen LogP contribution in [0.3, 0.4) is 0 Å². The molecule has 94 valence electrons. The maximum atomic E-state index is 13.6. The van der Waals surface area contributed by atoms with Crippen molar-refractivity contribution in [3.63, 3.8) is 0 Å².